The predicted octanol–water partition coefficient (Wildman–Crippen LogP) is 3.44. The van der Waals surface area contributed by atoms with Crippen LogP contribution in [-0.4, -0.2) is 6.54 Å². The Kier molecular flexibility index (Phi) is 3.60. The molecule has 1 aliphatic heterocycles. The molecular formula is C22H21NO2. The molecule has 0 amide bonds. The van der Waals surface area contributed by atoms with Crippen LogP contribution < -0.4 is 15.8 Å². The van der Waals surface area contributed by atoms with E-state index >= 15 is 0 Å². The Morgan fingerprint density at radius 2 is 1.52 bits per heavy atom. The lowest BCUT2D eigenvalue weighted by Gasteiger charge is -2.32. The number of anilines is 1. The van der Waals surface area contributed by atoms with Crippen LogP contribution in [0.15, 0.2) is 46.0 Å². The summed E-state index contributed by atoms with van der Waals surface area (Å²) >= 11 is 0. The van der Waals surface area contributed by atoms with Gasteiger partial charge in [0.1, 0.15) is 5.69 Å². The summed E-state index contributed by atoms with van der Waals surface area (Å²) in [5.74, 6) is 0. The van der Waals surface area contributed by atoms with Gasteiger partial charge in [-0.05, 0) is 60.6 Å². The van der Waals surface area contributed by atoms with Gasteiger partial charge in [0.05, 0.1) is 5.56 Å². The molecule has 0 unspecified atom stereocenters. The molecule has 3 aromatic carbocycles. The first-order chi connectivity index (χ1) is 12.0. The van der Waals surface area contributed by atoms with Crippen molar-refractivity contribution in [3.8, 4) is 11.1 Å². The first-order valence-electron chi connectivity index (χ1n) is 8.70. The average Bonchev–Trinajstić information content (AvgIpc) is 2.62. The third kappa shape index (κ3) is 2.42. The quantitative estimate of drug-likeness (QED) is 0.675. The SMILES string of the molecule is Cc1cc(C)c(-c2c(N3CCc4ccccc4C3)c(=O)c2=O)cc1C. The highest BCUT2D eigenvalue weighted by atomic mass is 16.2. The lowest BCUT2D eigenvalue weighted by molar-refractivity contribution is 0.726. The van der Waals surface area contributed by atoms with Gasteiger partial charge in [-0.2, -0.15) is 0 Å². The van der Waals surface area contributed by atoms with Crippen LogP contribution in [0.3, 0.4) is 0 Å². The lowest BCUT2D eigenvalue weighted by Crippen LogP contribution is -2.44. The van der Waals surface area contributed by atoms with E-state index in [1.807, 2.05) is 26.0 Å². The second-order valence-electron chi connectivity index (χ2n) is 7.07. The van der Waals surface area contributed by atoms with Gasteiger partial charge in [0.25, 0.3) is 0 Å². The number of aryl methyl sites for hydroxylation is 3. The minimum absolute atomic E-state index is 0.341. The van der Waals surface area contributed by atoms with Crippen molar-refractivity contribution < 1.29 is 0 Å². The first-order valence-corrected chi connectivity index (χ1v) is 8.70. The molecule has 25 heavy (non-hydrogen) atoms. The Bertz CT molecular complexity index is 1050. The summed E-state index contributed by atoms with van der Waals surface area (Å²) < 4.78 is 0. The summed E-state index contributed by atoms with van der Waals surface area (Å²) in [4.78, 5) is 26.8. The van der Waals surface area contributed by atoms with Gasteiger partial charge < -0.3 is 4.90 Å². The van der Waals surface area contributed by atoms with Crippen LogP contribution in [0.5, 0.6) is 0 Å². The molecule has 3 nitrogen and oxygen atoms in total. The van der Waals surface area contributed by atoms with E-state index in [0.29, 0.717) is 17.8 Å². The number of rotatable bonds is 2. The summed E-state index contributed by atoms with van der Waals surface area (Å²) in [6.45, 7) is 7.59. The molecular weight excluding hydrogens is 310 g/mol. The summed E-state index contributed by atoms with van der Waals surface area (Å²) in [6, 6.07) is 12.5. The van der Waals surface area contributed by atoms with Crippen molar-refractivity contribution in [2.45, 2.75) is 33.7 Å². The number of fused-ring (bicyclic) bond motifs is 1. The minimum atomic E-state index is -0.347. The van der Waals surface area contributed by atoms with E-state index in [2.05, 4.69) is 36.1 Å². The van der Waals surface area contributed by atoms with Crippen LogP contribution in [0.1, 0.15) is 27.8 Å². The van der Waals surface area contributed by atoms with Crippen molar-refractivity contribution in [3.63, 3.8) is 0 Å². The number of hydrogen-bond acceptors (Lipinski definition) is 3. The summed E-state index contributed by atoms with van der Waals surface area (Å²) in [7, 11) is 0. The predicted molar refractivity (Wildman–Crippen MR) is 102 cm³/mol. The highest BCUT2D eigenvalue weighted by Gasteiger charge is 2.29. The second-order valence-corrected chi connectivity index (χ2v) is 7.07. The number of nitrogens with zero attached hydrogens (tertiary/aromatic N) is 1. The van der Waals surface area contributed by atoms with Gasteiger partial charge >= 0.3 is 0 Å². The monoisotopic (exact) mass is 331 g/mol. The number of hydrogen-bond donors (Lipinski definition) is 0. The summed E-state index contributed by atoms with van der Waals surface area (Å²) in [5, 5.41) is 0. The van der Waals surface area contributed by atoms with Gasteiger partial charge in [-0.15, -0.1) is 0 Å². The van der Waals surface area contributed by atoms with E-state index in [-0.39, 0.29) is 10.9 Å². The highest BCUT2D eigenvalue weighted by Crippen LogP contribution is 2.33. The minimum Gasteiger partial charge on any atom is -0.363 e. The van der Waals surface area contributed by atoms with E-state index < -0.39 is 0 Å². The maximum atomic E-state index is 12.4. The molecule has 0 N–H and O–H groups in total. The Morgan fingerprint density at radius 1 is 0.840 bits per heavy atom. The fraction of sp³-hybridized carbons (Fsp3) is 0.273. The molecule has 0 radical (unpaired) electrons. The highest BCUT2D eigenvalue weighted by molar-refractivity contribution is 5.85. The molecule has 0 bridgehead atoms. The fourth-order valence-electron chi connectivity index (χ4n) is 3.85. The van der Waals surface area contributed by atoms with E-state index in [0.717, 1.165) is 29.7 Å². The summed E-state index contributed by atoms with van der Waals surface area (Å²) in [6.07, 6.45) is 0.903. The van der Waals surface area contributed by atoms with E-state index in [1.54, 1.807) is 0 Å². The van der Waals surface area contributed by atoms with E-state index in [1.165, 1.54) is 16.7 Å². The zero-order chi connectivity index (χ0) is 17.7. The Hall–Kier alpha value is -2.68. The van der Waals surface area contributed by atoms with Crippen molar-refractivity contribution in [2.75, 3.05) is 11.4 Å². The maximum absolute atomic E-state index is 12.4. The molecule has 1 heterocycles. The zero-order valence-corrected chi connectivity index (χ0v) is 14.8. The molecule has 3 heteroatoms. The molecule has 0 aliphatic carbocycles. The zero-order valence-electron chi connectivity index (χ0n) is 14.8. The molecule has 4 rings (SSSR count). The van der Waals surface area contributed by atoms with Gasteiger partial charge in [-0.25, -0.2) is 0 Å². The molecule has 0 saturated carbocycles. The smallest absolute Gasteiger partial charge is 0.250 e. The molecule has 0 saturated heterocycles. The van der Waals surface area contributed by atoms with Crippen LogP contribution in [0.25, 0.3) is 11.1 Å². The van der Waals surface area contributed by atoms with Crippen molar-refractivity contribution >= 4 is 5.69 Å². The molecule has 0 spiro atoms. The topological polar surface area (TPSA) is 37.4 Å². The third-order valence-corrected chi connectivity index (χ3v) is 5.44. The van der Waals surface area contributed by atoms with E-state index in [9.17, 15) is 9.59 Å². The van der Waals surface area contributed by atoms with Gasteiger partial charge in [-0.1, -0.05) is 36.4 Å². The van der Waals surface area contributed by atoms with Crippen LogP contribution >= 0.6 is 0 Å². The van der Waals surface area contributed by atoms with Crippen LogP contribution in [0.4, 0.5) is 5.69 Å². The van der Waals surface area contributed by atoms with Crippen molar-refractivity contribution in [1.82, 2.24) is 0 Å². The van der Waals surface area contributed by atoms with Crippen LogP contribution in [0.2, 0.25) is 0 Å². The molecule has 3 aromatic rings. The Balaban J connectivity index is 1.80. The summed E-state index contributed by atoms with van der Waals surface area (Å²) in [5.41, 5.74) is 7.39. The average molecular weight is 331 g/mol. The molecule has 0 aromatic heterocycles. The van der Waals surface area contributed by atoms with Gasteiger partial charge in [0.15, 0.2) is 0 Å². The molecule has 126 valence electrons. The fourth-order valence-corrected chi connectivity index (χ4v) is 3.85. The largest absolute Gasteiger partial charge is 0.363 e. The first kappa shape index (κ1) is 15.8. The lowest BCUT2D eigenvalue weighted by atomic mass is 9.90. The van der Waals surface area contributed by atoms with Crippen LogP contribution in [0, 0.1) is 20.8 Å². The third-order valence-electron chi connectivity index (χ3n) is 5.44. The van der Waals surface area contributed by atoms with Gasteiger partial charge in [0, 0.05) is 13.1 Å². The van der Waals surface area contributed by atoms with Gasteiger partial charge in [0.2, 0.25) is 10.9 Å². The Labute approximate surface area is 147 Å². The van der Waals surface area contributed by atoms with Crippen molar-refractivity contribution in [3.05, 3.63) is 84.7 Å². The maximum Gasteiger partial charge on any atom is 0.250 e. The number of benzene rings is 2. The second kappa shape index (κ2) is 5.69. The molecule has 0 atom stereocenters. The van der Waals surface area contributed by atoms with E-state index in [4.69, 9.17) is 0 Å². The van der Waals surface area contributed by atoms with Crippen LogP contribution in [-0.2, 0) is 13.0 Å². The normalized spacial score (nSPS) is 14.0. The Morgan fingerprint density at radius 3 is 2.28 bits per heavy atom. The van der Waals surface area contributed by atoms with Gasteiger partial charge in [-0.3, -0.25) is 9.59 Å². The van der Waals surface area contributed by atoms with Crippen molar-refractivity contribution in [2.24, 2.45) is 0 Å². The van der Waals surface area contributed by atoms with Crippen molar-refractivity contribution in [1.29, 1.82) is 0 Å². The standard InChI is InChI=1S/C22H21NO2/c1-13-10-15(3)18(11-14(13)2)19-20(22(25)21(19)24)23-9-8-16-6-4-5-7-17(16)12-23/h4-7,10-11H,8-9,12H2,1-3H3. The molecule has 1 aliphatic rings. The molecule has 0 fully saturated rings.